The third-order valence-electron chi connectivity index (χ3n) is 3.87. The van der Waals surface area contributed by atoms with Crippen LogP contribution in [-0.4, -0.2) is 28.1 Å². The molecule has 0 unspecified atom stereocenters. The predicted octanol–water partition coefficient (Wildman–Crippen LogP) is 2.27. The molecule has 23 heavy (non-hydrogen) atoms. The molecule has 1 aliphatic rings. The van der Waals surface area contributed by atoms with Gasteiger partial charge in [-0.3, -0.25) is 9.78 Å². The Bertz CT molecular complexity index is 746. The van der Waals surface area contributed by atoms with Crippen LogP contribution in [0, 0.1) is 0 Å². The molecule has 1 N–H and O–H groups in total. The normalized spacial score (nSPS) is 21.0. The molecule has 1 aliphatic heterocycles. The second-order valence-corrected chi connectivity index (χ2v) is 5.20. The Morgan fingerprint density at radius 2 is 2.00 bits per heavy atom. The van der Waals surface area contributed by atoms with E-state index in [0.717, 1.165) is 10.6 Å². The van der Waals surface area contributed by atoms with Crippen molar-refractivity contribution in [2.24, 2.45) is 5.10 Å². The third kappa shape index (κ3) is 2.59. The van der Waals surface area contributed by atoms with Gasteiger partial charge >= 0.3 is 6.03 Å². The van der Waals surface area contributed by atoms with Crippen molar-refractivity contribution < 1.29 is 9.59 Å². The van der Waals surface area contributed by atoms with Crippen molar-refractivity contribution in [2.75, 3.05) is 0 Å². The topological polar surface area (TPSA) is 74.7 Å². The van der Waals surface area contributed by atoms with Gasteiger partial charge in [0.2, 0.25) is 0 Å². The molecule has 0 saturated carbocycles. The van der Waals surface area contributed by atoms with Crippen LogP contribution in [0.1, 0.15) is 24.5 Å². The molecule has 0 radical (unpaired) electrons. The molecule has 0 aliphatic carbocycles. The summed E-state index contributed by atoms with van der Waals surface area (Å²) in [5.74, 6) is -0.378. The Morgan fingerprint density at radius 3 is 2.65 bits per heavy atom. The number of carbonyl (C=O) groups excluding carboxylic acids is 2. The second kappa shape index (κ2) is 6.00. The molecule has 2 heterocycles. The number of hydrazone groups is 1. The van der Waals surface area contributed by atoms with Gasteiger partial charge < -0.3 is 5.32 Å². The number of rotatable bonds is 4. The zero-order valence-electron chi connectivity index (χ0n) is 12.6. The summed E-state index contributed by atoms with van der Waals surface area (Å²) < 4.78 is 0. The zero-order chi connectivity index (χ0) is 16.3. The Morgan fingerprint density at radius 1 is 1.22 bits per heavy atom. The summed E-state index contributed by atoms with van der Waals surface area (Å²) in [6, 6.07) is 12.2. The van der Waals surface area contributed by atoms with E-state index in [1.807, 2.05) is 37.3 Å². The lowest BCUT2D eigenvalue weighted by Gasteiger charge is -2.24. The van der Waals surface area contributed by atoms with Crippen LogP contribution < -0.4 is 5.32 Å². The molecule has 1 aromatic carbocycles. The maximum absolute atomic E-state index is 12.8. The second-order valence-electron chi connectivity index (χ2n) is 5.20. The van der Waals surface area contributed by atoms with Gasteiger partial charge in [-0.05, 0) is 18.1 Å². The van der Waals surface area contributed by atoms with E-state index in [9.17, 15) is 9.59 Å². The van der Waals surface area contributed by atoms with Crippen LogP contribution in [0.4, 0.5) is 4.79 Å². The molecule has 0 bridgehead atoms. The summed E-state index contributed by atoms with van der Waals surface area (Å²) in [6.45, 7) is 1.86. The molecule has 1 fully saturated rings. The van der Waals surface area contributed by atoms with Crippen LogP contribution in [0.2, 0.25) is 0 Å². The lowest BCUT2D eigenvalue weighted by Crippen LogP contribution is -2.43. The van der Waals surface area contributed by atoms with Crippen LogP contribution >= 0.6 is 0 Å². The summed E-state index contributed by atoms with van der Waals surface area (Å²) >= 11 is 0. The van der Waals surface area contributed by atoms with Crippen LogP contribution in [0.3, 0.4) is 0 Å². The average Bonchev–Trinajstić information content (AvgIpc) is 2.86. The molecular formula is C17H16N4O2. The molecule has 1 atom stereocenters. The van der Waals surface area contributed by atoms with E-state index >= 15 is 0 Å². The first-order valence-corrected chi connectivity index (χ1v) is 7.33. The molecule has 116 valence electrons. The fourth-order valence-electron chi connectivity index (χ4n) is 2.61. The summed E-state index contributed by atoms with van der Waals surface area (Å²) in [6.07, 6.45) is 5.14. The van der Waals surface area contributed by atoms with E-state index in [4.69, 9.17) is 0 Å². The number of amides is 3. The number of aromatic nitrogens is 1. The van der Waals surface area contributed by atoms with Crippen LogP contribution in [-0.2, 0) is 10.3 Å². The number of carbonyl (C=O) groups is 2. The Labute approximate surface area is 133 Å². The van der Waals surface area contributed by atoms with Gasteiger partial charge in [0.05, 0.1) is 6.21 Å². The fraction of sp³-hybridized carbons (Fsp3) is 0.176. The van der Waals surface area contributed by atoms with Gasteiger partial charge in [0, 0.05) is 18.0 Å². The van der Waals surface area contributed by atoms with Crippen LogP contribution in [0.25, 0.3) is 0 Å². The molecule has 6 heteroatoms. The Kier molecular flexibility index (Phi) is 3.89. The first kappa shape index (κ1) is 14.9. The van der Waals surface area contributed by atoms with Crippen molar-refractivity contribution in [1.82, 2.24) is 15.3 Å². The number of benzene rings is 1. The van der Waals surface area contributed by atoms with E-state index in [0.29, 0.717) is 12.0 Å². The van der Waals surface area contributed by atoms with E-state index in [1.165, 1.54) is 6.21 Å². The Hall–Kier alpha value is -3.02. The fourth-order valence-corrected chi connectivity index (χ4v) is 2.61. The molecule has 2 aromatic rings. The number of imide groups is 1. The average molecular weight is 308 g/mol. The maximum atomic E-state index is 12.8. The molecule has 6 nitrogen and oxygen atoms in total. The SMILES string of the molecule is CC[C@]1(c2ccccc2)NC(=O)N(/N=C\c2cccnc2)C1=O. The van der Waals surface area contributed by atoms with Crippen LogP contribution in [0.5, 0.6) is 0 Å². The lowest BCUT2D eigenvalue weighted by molar-refractivity contribution is -0.131. The number of nitrogens with zero attached hydrogens (tertiary/aromatic N) is 3. The van der Waals surface area contributed by atoms with E-state index in [-0.39, 0.29) is 5.91 Å². The minimum atomic E-state index is -1.06. The minimum absolute atomic E-state index is 0.378. The molecule has 1 saturated heterocycles. The standard InChI is InChI=1S/C17H16N4O2/c1-2-17(14-8-4-3-5-9-14)15(22)21(16(23)20-17)19-12-13-7-6-10-18-11-13/h3-12H,2H2,1H3,(H,20,23)/b19-12-/t17-/m1/s1. The van der Waals surface area contributed by atoms with Gasteiger partial charge in [-0.1, -0.05) is 43.3 Å². The third-order valence-corrected chi connectivity index (χ3v) is 3.87. The quantitative estimate of drug-likeness (QED) is 0.695. The first-order valence-electron chi connectivity index (χ1n) is 7.33. The monoisotopic (exact) mass is 308 g/mol. The highest BCUT2D eigenvalue weighted by Crippen LogP contribution is 2.32. The highest BCUT2D eigenvalue weighted by molar-refractivity contribution is 6.07. The van der Waals surface area contributed by atoms with E-state index < -0.39 is 11.6 Å². The molecule has 0 spiro atoms. The van der Waals surface area contributed by atoms with Gasteiger partial charge in [0.1, 0.15) is 5.54 Å². The van der Waals surface area contributed by atoms with Gasteiger partial charge in [-0.2, -0.15) is 5.10 Å². The van der Waals surface area contributed by atoms with Gasteiger partial charge in [0.25, 0.3) is 5.91 Å². The zero-order valence-corrected chi connectivity index (χ0v) is 12.6. The number of hydrogen-bond donors (Lipinski definition) is 1. The minimum Gasteiger partial charge on any atom is -0.318 e. The molecule has 1 aromatic heterocycles. The number of hydrogen-bond acceptors (Lipinski definition) is 4. The number of nitrogens with one attached hydrogen (secondary N) is 1. The van der Waals surface area contributed by atoms with Crippen molar-refractivity contribution in [3.63, 3.8) is 0 Å². The van der Waals surface area contributed by atoms with Crippen molar-refractivity contribution in [3.8, 4) is 0 Å². The largest absolute Gasteiger partial charge is 0.346 e. The number of urea groups is 1. The summed E-state index contributed by atoms with van der Waals surface area (Å²) in [4.78, 5) is 29.0. The summed E-state index contributed by atoms with van der Waals surface area (Å²) in [5, 5.41) is 7.69. The molecular weight excluding hydrogens is 292 g/mol. The predicted molar refractivity (Wildman–Crippen MR) is 85.6 cm³/mol. The Balaban J connectivity index is 1.92. The smallest absolute Gasteiger partial charge is 0.318 e. The van der Waals surface area contributed by atoms with Gasteiger partial charge in [-0.15, -0.1) is 5.01 Å². The van der Waals surface area contributed by atoms with Gasteiger partial charge in [-0.25, -0.2) is 4.79 Å². The van der Waals surface area contributed by atoms with Crippen molar-refractivity contribution >= 4 is 18.2 Å². The lowest BCUT2D eigenvalue weighted by atomic mass is 9.87. The molecule has 3 rings (SSSR count). The van der Waals surface area contributed by atoms with E-state index in [1.54, 1.807) is 24.5 Å². The molecule has 3 amide bonds. The first-order chi connectivity index (χ1) is 11.2. The maximum Gasteiger partial charge on any atom is 0.346 e. The summed E-state index contributed by atoms with van der Waals surface area (Å²) in [7, 11) is 0. The number of pyridine rings is 1. The van der Waals surface area contributed by atoms with Gasteiger partial charge in [0.15, 0.2) is 0 Å². The van der Waals surface area contributed by atoms with Crippen molar-refractivity contribution in [2.45, 2.75) is 18.9 Å². The van der Waals surface area contributed by atoms with Crippen molar-refractivity contribution in [3.05, 3.63) is 66.0 Å². The summed E-state index contributed by atoms with van der Waals surface area (Å²) in [5.41, 5.74) is 0.395. The van der Waals surface area contributed by atoms with Crippen LogP contribution in [0.15, 0.2) is 60.0 Å². The van der Waals surface area contributed by atoms with Crippen molar-refractivity contribution in [1.29, 1.82) is 0 Å². The van der Waals surface area contributed by atoms with E-state index in [2.05, 4.69) is 15.4 Å². The highest BCUT2D eigenvalue weighted by Gasteiger charge is 2.51. The highest BCUT2D eigenvalue weighted by atomic mass is 16.2.